The molecule has 1 aliphatic carbocycles. The summed E-state index contributed by atoms with van der Waals surface area (Å²) in [5.74, 6) is 0.678. The molecule has 0 saturated heterocycles. The maximum Gasteiger partial charge on any atom is 0.161 e. The van der Waals surface area contributed by atoms with Gasteiger partial charge in [0.15, 0.2) is 5.17 Å². The summed E-state index contributed by atoms with van der Waals surface area (Å²) in [6.07, 6.45) is 5.20. The number of thioether (sulfide) groups is 1. The first-order chi connectivity index (χ1) is 11.4. The second-order valence-electron chi connectivity index (χ2n) is 6.39. The molecule has 1 N–H and O–H groups in total. The maximum absolute atomic E-state index is 5.04. The number of nitrogens with one attached hydrogen (secondary N) is 1. The lowest BCUT2D eigenvalue weighted by Crippen LogP contribution is -2.34. The highest BCUT2D eigenvalue weighted by Gasteiger charge is 2.37. The predicted octanol–water partition coefficient (Wildman–Crippen LogP) is 5.50. The van der Waals surface area contributed by atoms with Gasteiger partial charge >= 0.3 is 0 Å². The van der Waals surface area contributed by atoms with Crippen molar-refractivity contribution in [2.24, 2.45) is 10.9 Å². The van der Waals surface area contributed by atoms with E-state index in [1.807, 2.05) is 17.8 Å². The molecule has 3 unspecified atom stereocenters. The van der Waals surface area contributed by atoms with Crippen LogP contribution < -0.4 is 5.32 Å². The Morgan fingerprint density at radius 3 is 2.35 bits per heavy atom. The molecule has 2 aromatic rings. The third-order valence-electron chi connectivity index (χ3n) is 4.85. The van der Waals surface area contributed by atoms with Gasteiger partial charge in [-0.25, -0.2) is 0 Å². The minimum absolute atomic E-state index is 0.474. The number of amidine groups is 1. The van der Waals surface area contributed by atoms with E-state index < -0.39 is 0 Å². The van der Waals surface area contributed by atoms with Crippen molar-refractivity contribution >= 4 is 22.6 Å². The van der Waals surface area contributed by atoms with Gasteiger partial charge in [0.1, 0.15) is 0 Å². The van der Waals surface area contributed by atoms with Crippen LogP contribution in [-0.2, 0) is 0 Å². The van der Waals surface area contributed by atoms with Crippen molar-refractivity contribution in [1.82, 2.24) is 0 Å². The van der Waals surface area contributed by atoms with Gasteiger partial charge in [0.05, 0.1) is 6.04 Å². The van der Waals surface area contributed by atoms with Crippen molar-refractivity contribution in [3.05, 3.63) is 66.2 Å². The van der Waals surface area contributed by atoms with E-state index in [9.17, 15) is 0 Å². The number of hydrogen-bond acceptors (Lipinski definition) is 3. The highest BCUT2D eigenvalue weighted by atomic mass is 32.2. The molecule has 2 nitrogen and oxygen atoms in total. The fraction of sp³-hybridized carbons (Fsp3) is 0.350. The van der Waals surface area contributed by atoms with Crippen LogP contribution in [-0.4, -0.2) is 11.2 Å². The number of benzene rings is 2. The van der Waals surface area contributed by atoms with Crippen LogP contribution in [0.3, 0.4) is 0 Å². The topological polar surface area (TPSA) is 24.4 Å². The molecule has 0 bridgehead atoms. The van der Waals surface area contributed by atoms with E-state index in [2.05, 4.69) is 59.9 Å². The van der Waals surface area contributed by atoms with Gasteiger partial charge < -0.3 is 5.32 Å². The molecule has 2 aliphatic rings. The number of aliphatic imine (C=N–C) groups is 1. The van der Waals surface area contributed by atoms with Crippen LogP contribution in [0, 0.1) is 5.92 Å². The first-order valence-corrected chi connectivity index (χ1v) is 9.39. The molecule has 1 fully saturated rings. The SMILES string of the molecule is c1ccc(NC2=NC3CCCCC3C(c3ccccc3)S2)cc1. The van der Waals surface area contributed by atoms with Crippen molar-refractivity contribution in [2.75, 3.05) is 5.32 Å². The zero-order valence-electron chi connectivity index (χ0n) is 13.2. The van der Waals surface area contributed by atoms with E-state index in [1.54, 1.807) is 0 Å². The summed E-state index contributed by atoms with van der Waals surface area (Å²) in [5.41, 5.74) is 2.57. The summed E-state index contributed by atoms with van der Waals surface area (Å²) in [5, 5.41) is 5.12. The molecule has 1 saturated carbocycles. The Balaban J connectivity index is 1.62. The van der Waals surface area contributed by atoms with E-state index in [0.717, 1.165) is 10.9 Å². The lowest BCUT2D eigenvalue weighted by molar-refractivity contribution is 0.302. The van der Waals surface area contributed by atoms with Crippen LogP contribution in [0.4, 0.5) is 5.69 Å². The third kappa shape index (κ3) is 3.30. The van der Waals surface area contributed by atoms with Gasteiger partial charge in [-0.3, -0.25) is 4.99 Å². The molecule has 3 atom stereocenters. The molecule has 0 aromatic heterocycles. The third-order valence-corrected chi connectivity index (χ3v) is 6.15. The second-order valence-corrected chi connectivity index (χ2v) is 7.52. The van der Waals surface area contributed by atoms with Crippen molar-refractivity contribution < 1.29 is 0 Å². The molecule has 23 heavy (non-hydrogen) atoms. The van der Waals surface area contributed by atoms with Gasteiger partial charge in [-0.15, -0.1) is 0 Å². The van der Waals surface area contributed by atoms with Crippen molar-refractivity contribution in [2.45, 2.75) is 37.0 Å². The van der Waals surface area contributed by atoms with Gasteiger partial charge in [-0.05, 0) is 36.5 Å². The number of nitrogens with zero attached hydrogens (tertiary/aromatic N) is 1. The maximum atomic E-state index is 5.04. The van der Waals surface area contributed by atoms with E-state index in [-0.39, 0.29) is 0 Å². The van der Waals surface area contributed by atoms with E-state index >= 15 is 0 Å². The summed E-state index contributed by atoms with van der Waals surface area (Å²) in [7, 11) is 0. The van der Waals surface area contributed by atoms with Crippen LogP contribution in [0.25, 0.3) is 0 Å². The monoisotopic (exact) mass is 322 g/mol. The quantitative estimate of drug-likeness (QED) is 0.789. The number of fused-ring (bicyclic) bond motifs is 1. The Morgan fingerprint density at radius 2 is 1.57 bits per heavy atom. The Labute approximate surface area is 142 Å². The van der Waals surface area contributed by atoms with E-state index in [4.69, 9.17) is 4.99 Å². The highest BCUT2D eigenvalue weighted by molar-refractivity contribution is 8.14. The van der Waals surface area contributed by atoms with E-state index in [0.29, 0.717) is 17.2 Å². The van der Waals surface area contributed by atoms with Gasteiger partial charge in [0.2, 0.25) is 0 Å². The Bertz CT molecular complexity index is 669. The molecule has 118 valence electrons. The first-order valence-electron chi connectivity index (χ1n) is 8.51. The average molecular weight is 322 g/mol. The van der Waals surface area contributed by atoms with Crippen molar-refractivity contribution in [3.63, 3.8) is 0 Å². The zero-order chi connectivity index (χ0) is 15.5. The zero-order valence-corrected chi connectivity index (χ0v) is 14.0. The van der Waals surface area contributed by atoms with Crippen LogP contribution in [0.5, 0.6) is 0 Å². The fourth-order valence-electron chi connectivity index (χ4n) is 3.71. The normalized spacial score (nSPS) is 27.0. The van der Waals surface area contributed by atoms with Crippen molar-refractivity contribution in [3.8, 4) is 0 Å². The molecule has 1 heterocycles. The molecule has 1 aliphatic heterocycles. The summed E-state index contributed by atoms with van der Waals surface area (Å²) in [6.45, 7) is 0. The molecule has 0 amide bonds. The van der Waals surface area contributed by atoms with Gasteiger partial charge in [-0.1, -0.05) is 73.1 Å². The minimum Gasteiger partial charge on any atom is -0.335 e. The number of anilines is 1. The molecule has 4 rings (SSSR count). The lowest BCUT2D eigenvalue weighted by atomic mass is 9.80. The second kappa shape index (κ2) is 6.79. The molecular formula is C20H22N2S. The molecule has 0 radical (unpaired) electrons. The summed E-state index contributed by atoms with van der Waals surface area (Å²) in [6, 6.07) is 21.8. The standard InChI is InChI=1S/C20H22N2S/c1-3-9-15(10-4-1)19-17-13-7-8-14-18(17)22-20(23-19)21-16-11-5-2-6-12-16/h1-6,9-12,17-19H,7-8,13-14H2,(H,21,22). The average Bonchev–Trinajstić information content (AvgIpc) is 2.63. The van der Waals surface area contributed by atoms with Gasteiger partial charge in [0, 0.05) is 10.9 Å². The number of rotatable bonds is 2. The molecule has 3 heteroatoms. The number of hydrogen-bond donors (Lipinski definition) is 1. The fourth-order valence-corrected chi connectivity index (χ4v) is 5.11. The minimum atomic E-state index is 0.474. The van der Waals surface area contributed by atoms with Crippen LogP contribution in [0.2, 0.25) is 0 Å². The molecular weight excluding hydrogens is 300 g/mol. The summed E-state index contributed by atoms with van der Waals surface area (Å²) in [4.78, 5) is 5.04. The Hall–Kier alpha value is -1.74. The van der Waals surface area contributed by atoms with Gasteiger partial charge in [-0.2, -0.15) is 0 Å². The van der Waals surface area contributed by atoms with Crippen LogP contribution in [0.1, 0.15) is 36.5 Å². The largest absolute Gasteiger partial charge is 0.335 e. The smallest absolute Gasteiger partial charge is 0.161 e. The summed E-state index contributed by atoms with van der Waals surface area (Å²) < 4.78 is 0. The number of para-hydroxylation sites is 1. The Kier molecular flexibility index (Phi) is 4.38. The lowest BCUT2D eigenvalue weighted by Gasteiger charge is -2.39. The van der Waals surface area contributed by atoms with Crippen LogP contribution in [0.15, 0.2) is 65.7 Å². The highest BCUT2D eigenvalue weighted by Crippen LogP contribution is 2.48. The van der Waals surface area contributed by atoms with Crippen LogP contribution >= 0.6 is 11.8 Å². The first kappa shape index (κ1) is 14.8. The Morgan fingerprint density at radius 1 is 0.870 bits per heavy atom. The van der Waals surface area contributed by atoms with E-state index in [1.165, 1.54) is 31.2 Å². The summed E-state index contributed by atoms with van der Waals surface area (Å²) >= 11 is 1.90. The van der Waals surface area contributed by atoms with Gasteiger partial charge in [0.25, 0.3) is 0 Å². The van der Waals surface area contributed by atoms with Crippen molar-refractivity contribution in [1.29, 1.82) is 0 Å². The predicted molar refractivity (Wildman–Crippen MR) is 100 cm³/mol. The molecule has 0 spiro atoms. The molecule has 2 aromatic carbocycles.